The standard InChI is InChI=1S/C21H18FN3O3S/c1-15-2-12-20(13-3-15)29(27,28)25-19-10-6-17(7-11-19)21(26)24-23-14-16-4-8-18(22)9-5-16/h2-14,25H,1H3,(H,24,26)/b23-14-. The molecule has 0 fully saturated rings. The Kier molecular flexibility index (Phi) is 6.04. The summed E-state index contributed by atoms with van der Waals surface area (Å²) in [7, 11) is -3.71. The Morgan fingerprint density at radius 3 is 2.17 bits per heavy atom. The third-order valence-electron chi connectivity index (χ3n) is 3.98. The quantitative estimate of drug-likeness (QED) is 0.479. The molecule has 0 heterocycles. The SMILES string of the molecule is Cc1ccc(S(=O)(=O)Nc2ccc(C(=O)N/N=C\c3ccc(F)cc3)cc2)cc1. The predicted octanol–water partition coefficient (Wildman–Crippen LogP) is 3.70. The van der Waals surface area contributed by atoms with Crippen LogP contribution in [-0.4, -0.2) is 20.5 Å². The first-order chi connectivity index (χ1) is 13.8. The monoisotopic (exact) mass is 411 g/mol. The van der Waals surface area contributed by atoms with Gasteiger partial charge in [-0.05, 0) is 61.0 Å². The number of hydrogen-bond acceptors (Lipinski definition) is 4. The molecule has 0 aromatic heterocycles. The number of amides is 1. The van der Waals surface area contributed by atoms with E-state index in [1.807, 2.05) is 6.92 Å². The molecule has 0 bridgehead atoms. The summed E-state index contributed by atoms with van der Waals surface area (Å²) in [6.07, 6.45) is 1.39. The summed E-state index contributed by atoms with van der Waals surface area (Å²) in [6, 6.07) is 18.1. The van der Waals surface area contributed by atoms with Crippen LogP contribution in [0.5, 0.6) is 0 Å². The lowest BCUT2D eigenvalue weighted by Crippen LogP contribution is -2.18. The van der Waals surface area contributed by atoms with Gasteiger partial charge in [0.25, 0.3) is 15.9 Å². The van der Waals surface area contributed by atoms with Gasteiger partial charge in [-0.3, -0.25) is 9.52 Å². The van der Waals surface area contributed by atoms with Crippen molar-refractivity contribution in [1.29, 1.82) is 0 Å². The van der Waals surface area contributed by atoms with Crippen LogP contribution < -0.4 is 10.1 Å². The van der Waals surface area contributed by atoms with E-state index in [2.05, 4.69) is 15.2 Å². The zero-order valence-electron chi connectivity index (χ0n) is 15.5. The van der Waals surface area contributed by atoms with Crippen LogP contribution in [-0.2, 0) is 10.0 Å². The van der Waals surface area contributed by atoms with Gasteiger partial charge < -0.3 is 0 Å². The summed E-state index contributed by atoms with van der Waals surface area (Å²) in [5.74, 6) is -0.819. The Bertz CT molecular complexity index is 1130. The number of nitrogens with one attached hydrogen (secondary N) is 2. The minimum absolute atomic E-state index is 0.153. The number of nitrogens with zero attached hydrogens (tertiary/aromatic N) is 1. The van der Waals surface area contributed by atoms with Crippen molar-refractivity contribution >= 4 is 27.8 Å². The van der Waals surface area contributed by atoms with Crippen LogP contribution in [0, 0.1) is 12.7 Å². The van der Waals surface area contributed by atoms with E-state index < -0.39 is 15.9 Å². The first-order valence-corrected chi connectivity index (χ1v) is 10.1. The van der Waals surface area contributed by atoms with E-state index in [4.69, 9.17) is 0 Å². The molecule has 29 heavy (non-hydrogen) atoms. The number of rotatable bonds is 6. The number of hydrazone groups is 1. The molecule has 2 N–H and O–H groups in total. The Hall–Kier alpha value is -3.52. The molecular formula is C21H18FN3O3S. The number of carbonyl (C=O) groups excluding carboxylic acids is 1. The molecule has 0 radical (unpaired) electrons. The third-order valence-corrected chi connectivity index (χ3v) is 5.38. The highest BCUT2D eigenvalue weighted by atomic mass is 32.2. The summed E-state index contributed by atoms with van der Waals surface area (Å²) >= 11 is 0. The minimum Gasteiger partial charge on any atom is -0.280 e. The molecule has 8 heteroatoms. The lowest BCUT2D eigenvalue weighted by molar-refractivity contribution is 0.0955. The Morgan fingerprint density at radius 2 is 1.55 bits per heavy atom. The highest BCUT2D eigenvalue weighted by Crippen LogP contribution is 2.17. The van der Waals surface area contributed by atoms with Crippen LogP contribution in [0.3, 0.4) is 0 Å². The van der Waals surface area contributed by atoms with Crippen molar-refractivity contribution in [3.05, 3.63) is 95.3 Å². The molecule has 0 spiro atoms. The van der Waals surface area contributed by atoms with Gasteiger partial charge in [0.1, 0.15) is 5.82 Å². The van der Waals surface area contributed by atoms with Crippen molar-refractivity contribution in [1.82, 2.24) is 5.43 Å². The zero-order valence-corrected chi connectivity index (χ0v) is 16.3. The van der Waals surface area contributed by atoms with Gasteiger partial charge in [0, 0.05) is 11.3 Å². The molecule has 3 aromatic carbocycles. The van der Waals surface area contributed by atoms with E-state index in [1.54, 1.807) is 12.1 Å². The predicted molar refractivity (Wildman–Crippen MR) is 110 cm³/mol. The van der Waals surface area contributed by atoms with Crippen LogP contribution in [0.25, 0.3) is 0 Å². The normalized spacial score (nSPS) is 11.4. The summed E-state index contributed by atoms with van der Waals surface area (Å²) in [4.78, 5) is 12.3. The molecule has 0 saturated heterocycles. The lowest BCUT2D eigenvalue weighted by Gasteiger charge is -2.09. The molecular weight excluding hydrogens is 393 g/mol. The first kappa shape index (κ1) is 20.2. The van der Waals surface area contributed by atoms with Crippen LogP contribution in [0.15, 0.2) is 82.8 Å². The van der Waals surface area contributed by atoms with Gasteiger partial charge in [0.2, 0.25) is 0 Å². The molecule has 0 aliphatic rings. The Morgan fingerprint density at radius 1 is 0.931 bits per heavy atom. The van der Waals surface area contributed by atoms with E-state index in [0.29, 0.717) is 16.8 Å². The summed E-state index contributed by atoms with van der Waals surface area (Å²) in [6.45, 7) is 1.87. The zero-order chi connectivity index (χ0) is 20.9. The van der Waals surface area contributed by atoms with Gasteiger partial charge in [0.15, 0.2) is 0 Å². The molecule has 0 saturated carbocycles. The number of anilines is 1. The Labute approximate surface area is 168 Å². The smallest absolute Gasteiger partial charge is 0.271 e. The van der Waals surface area contributed by atoms with Crippen molar-refractivity contribution in [3.8, 4) is 0 Å². The second kappa shape index (κ2) is 8.66. The lowest BCUT2D eigenvalue weighted by atomic mass is 10.2. The molecule has 6 nitrogen and oxygen atoms in total. The van der Waals surface area contributed by atoms with Gasteiger partial charge in [-0.1, -0.05) is 29.8 Å². The fourth-order valence-electron chi connectivity index (χ4n) is 2.40. The fourth-order valence-corrected chi connectivity index (χ4v) is 3.46. The highest BCUT2D eigenvalue weighted by molar-refractivity contribution is 7.92. The maximum absolute atomic E-state index is 12.8. The largest absolute Gasteiger partial charge is 0.280 e. The number of benzene rings is 3. The highest BCUT2D eigenvalue weighted by Gasteiger charge is 2.14. The van der Waals surface area contributed by atoms with E-state index in [1.165, 1.54) is 66.9 Å². The number of carbonyl (C=O) groups is 1. The molecule has 3 aromatic rings. The maximum Gasteiger partial charge on any atom is 0.271 e. The topological polar surface area (TPSA) is 87.6 Å². The van der Waals surface area contributed by atoms with E-state index in [9.17, 15) is 17.6 Å². The van der Waals surface area contributed by atoms with Crippen LogP contribution in [0.4, 0.5) is 10.1 Å². The molecule has 0 aliphatic carbocycles. The van der Waals surface area contributed by atoms with Gasteiger partial charge in [0.05, 0.1) is 11.1 Å². The van der Waals surface area contributed by atoms with Crippen molar-refractivity contribution in [2.45, 2.75) is 11.8 Å². The molecule has 0 atom stereocenters. The second-order valence-electron chi connectivity index (χ2n) is 6.25. The van der Waals surface area contributed by atoms with Gasteiger partial charge in [-0.2, -0.15) is 5.10 Å². The number of sulfonamides is 1. The van der Waals surface area contributed by atoms with E-state index >= 15 is 0 Å². The summed E-state index contributed by atoms with van der Waals surface area (Å²) in [5.41, 5.74) is 4.59. The van der Waals surface area contributed by atoms with Gasteiger partial charge >= 0.3 is 0 Å². The number of halogens is 1. The Balaban J connectivity index is 1.62. The first-order valence-electron chi connectivity index (χ1n) is 8.62. The van der Waals surface area contributed by atoms with E-state index in [-0.39, 0.29) is 10.7 Å². The van der Waals surface area contributed by atoms with Gasteiger partial charge in [-0.15, -0.1) is 0 Å². The maximum atomic E-state index is 12.8. The van der Waals surface area contributed by atoms with Gasteiger partial charge in [-0.25, -0.2) is 18.2 Å². The average molecular weight is 411 g/mol. The molecule has 3 rings (SSSR count). The minimum atomic E-state index is -3.71. The van der Waals surface area contributed by atoms with Crippen molar-refractivity contribution in [2.75, 3.05) is 4.72 Å². The van der Waals surface area contributed by atoms with Crippen LogP contribution in [0.2, 0.25) is 0 Å². The summed E-state index contributed by atoms with van der Waals surface area (Å²) in [5, 5.41) is 3.82. The van der Waals surface area contributed by atoms with Crippen LogP contribution >= 0.6 is 0 Å². The fraction of sp³-hybridized carbons (Fsp3) is 0.0476. The average Bonchev–Trinajstić information content (AvgIpc) is 2.70. The van der Waals surface area contributed by atoms with Crippen molar-refractivity contribution in [3.63, 3.8) is 0 Å². The van der Waals surface area contributed by atoms with Crippen molar-refractivity contribution < 1.29 is 17.6 Å². The van der Waals surface area contributed by atoms with Crippen LogP contribution in [0.1, 0.15) is 21.5 Å². The molecule has 148 valence electrons. The third kappa shape index (κ3) is 5.49. The van der Waals surface area contributed by atoms with Crippen molar-refractivity contribution in [2.24, 2.45) is 5.10 Å². The summed E-state index contributed by atoms with van der Waals surface area (Å²) < 4.78 is 40.1. The van der Waals surface area contributed by atoms with E-state index in [0.717, 1.165) is 5.56 Å². The molecule has 1 amide bonds. The number of aryl methyl sites for hydroxylation is 1. The molecule has 0 aliphatic heterocycles. The number of hydrogen-bond donors (Lipinski definition) is 2. The second-order valence-corrected chi connectivity index (χ2v) is 7.93. The molecule has 0 unspecified atom stereocenters.